The Morgan fingerprint density at radius 3 is 2.08 bits per heavy atom. The van der Waals surface area contributed by atoms with Crippen molar-refractivity contribution in [3.8, 4) is 0 Å². The number of rotatable bonds is 10. The van der Waals surface area contributed by atoms with Crippen molar-refractivity contribution in [2.75, 3.05) is 13.2 Å². The summed E-state index contributed by atoms with van der Waals surface area (Å²) in [5, 5.41) is 76.6. The maximum absolute atomic E-state index is 11.0. The van der Waals surface area contributed by atoms with Crippen LogP contribution in [0.5, 0.6) is 0 Å². The SMILES string of the molecule is O=S(=O)(O)OC([C@H](O)C[C+]1C[C@@H](O)[C@H](O)[C@H]1CO)[C@H](O)[C@@H](O)[C@@H](O)CO. The third-order valence-electron chi connectivity index (χ3n) is 4.35. The molecule has 12 nitrogen and oxygen atoms in total. The first-order valence-electron chi connectivity index (χ1n) is 7.73. The van der Waals surface area contributed by atoms with Crippen LogP contribution in [0.4, 0.5) is 0 Å². The molecule has 1 aliphatic carbocycles. The van der Waals surface area contributed by atoms with Crippen LogP contribution in [-0.2, 0) is 14.6 Å². The molecule has 0 amide bonds. The first-order valence-corrected chi connectivity index (χ1v) is 9.09. The Labute approximate surface area is 149 Å². The first-order chi connectivity index (χ1) is 11.9. The topological polar surface area (TPSA) is 225 Å². The zero-order valence-electron chi connectivity index (χ0n) is 13.6. The molecule has 26 heavy (non-hydrogen) atoms. The van der Waals surface area contributed by atoms with E-state index in [1.54, 1.807) is 0 Å². The zero-order valence-corrected chi connectivity index (χ0v) is 14.4. The highest BCUT2D eigenvalue weighted by atomic mass is 32.3. The fourth-order valence-electron chi connectivity index (χ4n) is 2.93. The molecule has 1 aliphatic rings. The van der Waals surface area contributed by atoms with Crippen molar-refractivity contribution >= 4 is 10.4 Å². The molecule has 0 aromatic heterocycles. The Bertz CT molecular complexity index is 527. The van der Waals surface area contributed by atoms with Gasteiger partial charge in [0, 0.05) is 0 Å². The fraction of sp³-hybridized carbons (Fsp3) is 0.923. The summed E-state index contributed by atoms with van der Waals surface area (Å²) in [7, 11) is -5.19. The van der Waals surface area contributed by atoms with Crippen molar-refractivity contribution in [1.82, 2.24) is 0 Å². The molecule has 1 rings (SSSR count). The molecular formula is C13H25O12S+. The summed E-state index contributed by atoms with van der Waals surface area (Å²) in [4.78, 5) is 0. The summed E-state index contributed by atoms with van der Waals surface area (Å²) in [6.07, 6.45) is -13.4. The second-order valence-corrected chi connectivity index (χ2v) is 7.25. The van der Waals surface area contributed by atoms with Crippen LogP contribution in [0.1, 0.15) is 12.8 Å². The average molecular weight is 405 g/mol. The van der Waals surface area contributed by atoms with Gasteiger partial charge >= 0.3 is 10.4 Å². The highest BCUT2D eigenvalue weighted by Gasteiger charge is 2.52. The van der Waals surface area contributed by atoms with Gasteiger partial charge in [-0.1, -0.05) is 0 Å². The Morgan fingerprint density at radius 2 is 1.62 bits per heavy atom. The molecule has 154 valence electrons. The molecule has 0 heterocycles. The standard InChI is InChI=1S/C13H24O12S/c14-3-6-5(1-7(16)10(6)19)2-8(17)13(25-26(22,23)24)12(21)11(20)9(18)4-15/h6-21H,1-4H2/p+1/t6-,7+,8+,9-,10+,11-,12+,13?/m0/s1. The van der Waals surface area contributed by atoms with E-state index in [0.29, 0.717) is 0 Å². The van der Waals surface area contributed by atoms with Crippen molar-refractivity contribution < 1.29 is 58.0 Å². The monoisotopic (exact) mass is 405 g/mol. The molecule has 1 fully saturated rings. The summed E-state index contributed by atoms with van der Waals surface area (Å²) < 4.78 is 34.9. The van der Waals surface area contributed by atoms with Gasteiger partial charge in [0.25, 0.3) is 0 Å². The lowest BCUT2D eigenvalue weighted by atomic mass is 9.87. The number of aliphatic hydroxyl groups is 8. The quantitative estimate of drug-likeness (QED) is 0.123. The van der Waals surface area contributed by atoms with Gasteiger partial charge in [0.15, 0.2) is 5.92 Å². The van der Waals surface area contributed by atoms with Crippen LogP contribution in [0.2, 0.25) is 0 Å². The van der Waals surface area contributed by atoms with Crippen molar-refractivity contribution in [2.45, 2.75) is 55.6 Å². The highest BCUT2D eigenvalue weighted by Crippen LogP contribution is 2.38. The average Bonchev–Trinajstić information content (AvgIpc) is 2.82. The van der Waals surface area contributed by atoms with E-state index in [1.165, 1.54) is 0 Å². The van der Waals surface area contributed by atoms with Gasteiger partial charge in [-0.25, -0.2) is 4.18 Å². The first kappa shape index (κ1) is 23.5. The van der Waals surface area contributed by atoms with Crippen LogP contribution in [0.3, 0.4) is 0 Å². The lowest BCUT2D eigenvalue weighted by Gasteiger charge is -2.30. The van der Waals surface area contributed by atoms with Gasteiger partial charge in [0.1, 0.15) is 61.5 Å². The minimum absolute atomic E-state index is 0.125. The van der Waals surface area contributed by atoms with E-state index in [4.69, 9.17) is 9.66 Å². The summed E-state index contributed by atoms with van der Waals surface area (Å²) in [5.74, 6) is -0.676. The van der Waals surface area contributed by atoms with E-state index in [1.807, 2.05) is 0 Å². The zero-order chi connectivity index (χ0) is 20.2. The van der Waals surface area contributed by atoms with E-state index in [9.17, 15) is 44.2 Å². The summed E-state index contributed by atoms with van der Waals surface area (Å²) in [6.45, 7) is -1.56. The predicted molar refractivity (Wildman–Crippen MR) is 82.6 cm³/mol. The maximum atomic E-state index is 11.0. The molecule has 1 unspecified atom stereocenters. The summed E-state index contributed by atoms with van der Waals surface area (Å²) >= 11 is 0. The molecular weight excluding hydrogens is 380 g/mol. The molecule has 0 aromatic rings. The molecule has 0 aromatic carbocycles. The van der Waals surface area contributed by atoms with Crippen molar-refractivity contribution in [3.05, 3.63) is 5.92 Å². The van der Waals surface area contributed by atoms with Gasteiger partial charge in [0.2, 0.25) is 0 Å². The molecule has 13 heteroatoms. The minimum Gasteiger partial charge on any atom is -0.394 e. The van der Waals surface area contributed by atoms with Gasteiger partial charge in [-0.3, -0.25) is 4.55 Å². The molecule has 0 aliphatic heterocycles. The van der Waals surface area contributed by atoms with Gasteiger partial charge in [-0.2, -0.15) is 8.42 Å². The van der Waals surface area contributed by atoms with E-state index in [-0.39, 0.29) is 12.3 Å². The lowest BCUT2D eigenvalue weighted by Crippen LogP contribution is -2.52. The van der Waals surface area contributed by atoms with Crippen molar-refractivity contribution in [2.24, 2.45) is 5.92 Å². The molecule has 0 bridgehead atoms. The van der Waals surface area contributed by atoms with Crippen LogP contribution < -0.4 is 0 Å². The number of hydrogen-bond donors (Lipinski definition) is 9. The summed E-state index contributed by atoms with van der Waals surface area (Å²) in [5.41, 5.74) is 0. The van der Waals surface area contributed by atoms with Gasteiger partial charge in [0.05, 0.1) is 13.2 Å². The van der Waals surface area contributed by atoms with E-state index >= 15 is 0 Å². The van der Waals surface area contributed by atoms with Gasteiger partial charge in [-0.15, -0.1) is 0 Å². The van der Waals surface area contributed by atoms with E-state index in [0.717, 1.165) is 0 Å². The van der Waals surface area contributed by atoms with Crippen molar-refractivity contribution in [1.29, 1.82) is 0 Å². The van der Waals surface area contributed by atoms with E-state index < -0.39 is 78.7 Å². The van der Waals surface area contributed by atoms with Gasteiger partial charge < -0.3 is 40.9 Å². The smallest absolute Gasteiger partial charge is 0.394 e. The van der Waals surface area contributed by atoms with Gasteiger partial charge in [-0.05, 0) is 0 Å². The second kappa shape index (κ2) is 9.57. The minimum atomic E-state index is -5.19. The molecule has 0 radical (unpaired) electrons. The van der Waals surface area contributed by atoms with Crippen LogP contribution in [-0.4, -0.2) is 110 Å². The molecule has 0 spiro atoms. The largest absolute Gasteiger partial charge is 0.397 e. The highest BCUT2D eigenvalue weighted by molar-refractivity contribution is 7.80. The van der Waals surface area contributed by atoms with Crippen molar-refractivity contribution in [3.63, 3.8) is 0 Å². The Morgan fingerprint density at radius 1 is 1.04 bits per heavy atom. The third-order valence-corrected chi connectivity index (χ3v) is 4.82. The number of aliphatic hydroxyl groups excluding tert-OH is 8. The van der Waals surface area contributed by atoms with Crippen LogP contribution in [0.25, 0.3) is 0 Å². The lowest BCUT2D eigenvalue weighted by molar-refractivity contribution is -0.133. The Hall–Kier alpha value is -0.580. The normalized spacial score (nSPS) is 30.0. The summed E-state index contributed by atoms with van der Waals surface area (Å²) in [6, 6.07) is 0. The molecule has 8 atom stereocenters. The molecule has 0 saturated heterocycles. The maximum Gasteiger partial charge on any atom is 0.397 e. The molecule has 9 N–H and O–H groups in total. The fourth-order valence-corrected chi connectivity index (χ4v) is 3.45. The molecule has 1 saturated carbocycles. The number of hydrogen-bond acceptors (Lipinski definition) is 11. The van der Waals surface area contributed by atoms with Crippen LogP contribution >= 0.6 is 0 Å². The van der Waals surface area contributed by atoms with Crippen LogP contribution in [0, 0.1) is 11.8 Å². The van der Waals surface area contributed by atoms with E-state index in [2.05, 4.69) is 4.18 Å². The Balaban J connectivity index is 2.95. The third kappa shape index (κ3) is 5.97. The van der Waals surface area contributed by atoms with Crippen LogP contribution in [0.15, 0.2) is 0 Å². The second-order valence-electron chi connectivity index (χ2n) is 6.20. The Kier molecular flexibility index (Phi) is 8.63. The predicted octanol–water partition coefficient (Wildman–Crippen LogP) is -4.69.